The fraction of sp³-hybridized carbons (Fsp3) is 0. The summed E-state index contributed by atoms with van der Waals surface area (Å²) in [5.74, 6) is 1.74. The van der Waals surface area contributed by atoms with Crippen LogP contribution in [0.2, 0.25) is 0 Å². The third kappa shape index (κ3) is 5.14. The van der Waals surface area contributed by atoms with Crippen molar-refractivity contribution in [1.29, 1.82) is 0 Å². The average molecular weight is 798 g/mol. The van der Waals surface area contributed by atoms with Gasteiger partial charge in [0.25, 0.3) is 0 Å². The van der Waals surface area contributed by atoms with E-state index in [-0.39, 0.29) is 0 Å². The van der Waals surface area contributed by atoms with E-state index >= 15 is 0 Å². The molecule has 0 aliphatic carbocycles. The zero-order chi connectivity index (χ0) is 40.0. The van der Waals surface area contributed by atoms with Gasteiger partial charge in [-0.25, -0.2) is 15.0 Å². The molecule has 0 radical (unpaired) electrons. The smallest absolute Gasteiger partial charge is 0.164 e. The summed E-state index contributed by atoms with van der Waals surface area (Å²) in [6.45, 7) is 0. The van der Waals surface area contributed by atoms with Crippen molar-refractivity contribution in [3.8, 4) is 51.0 Å². The van der Waals surface area contributed by atoms with Crippen molar-refractivity contribution < 1.29 is 4.42 Å². The quantitative estimate of drug-likeness (QED) is 0.173. The number of rotatable bonds is 5. The Bertz CT molecular complexity index is 3900. The van der Waals surface area contributed by atoms with E-state index in [0.29, 0.717) is 17.5 Å². The first kappa shape index (κ1) is 33.9. The van der Waals surface area contributed by atoms with Crippen LogP contribution in [0.1, 0.15) is 0 Å². The third-order valence-electron chi connectivity index (χ3n) is 11.9. The van der Waals surface area contributed by atoms with Gasteiger partial charge in [-0.1, -0.05) is 127 Å². The van der Waals surface area contributed by atoms with Crippen LogP contribution in [0.4, 0.5) is 0 Å². The second-order valence-electron chi connectivity index (χ2n) is 15.3. The number of fused-ring (bicyclic) bond motifs is 10. The van der Waals surface area contributed by atoms with Crippen LogP contribution in [0.25, 0.3) is 126 Å². The Morgan fingerprint density at radius 2 is 1.03 bits per heavy atom. The van der Waals surface area contributed by atoms with Gasteiger partial charge in [-0.15, -0.1) is 11.3 Å². The van der Waals surface area contributed by atoms with Gasteiger partial charge in [-0.3, -0.25) is 4.98 Å². The molecule has 13 aromatic rings. The number of para-hydroxylation sites is 1. The Morgan fingerprint density at radius 3 is 1.92 bits per heavy atom. The van der Waals surface area contributed by atoms with Gasteiger partial charge >= 0.3 is 0 Å². The lowest BCUT2D eigenvalue weighted by Crippen LogP contribution is -2.02. The molecular formula is C54H31N5OS. The highest BCUT2D eigenvalue weighted by molar-refractivity contribution is 7.25. The lowest BCUT2D eigenvalue weighted by molar-refractivity contribution is 0.668. The molecule has 0 N–H and O–H groups in total. The van der Waals surface area contributed by atoms with Crippen molar-refractivity contribution in [2.75, 3.05) is 0 Å². The predicted molar refractivity (Wildman–Crippen MR) is 251 cm³/mol. The van der Waals surface area contributed by atoms with Crippen molar-refractivity contribution in [3.05, 3.63) is 188 Å². The summed E-state index contributed by atoms with van der Waals surface area (Å²) in [6, 6.07) is 63.9. The molecule has 0 spiro atoms. The largest absolute Gasteiger partial charge is 0.454 e. The molecule has 0 unspecified atom stereocenters. The van der Waals surface area contributed by atoms with Crippen molar-refractivity contribution in [2.45, 2.75) is 0 Å². The van der Waals surface area contributed by atoms with Crippen LogP contribution in [0.15, 0.2) is 193 Å². The fourth-order valence-electron chi connectivity index (χ4n) is 9.33. The SMILES string of the molecule is c1ccc(-c2nc(-c3ccc(-n4c5ccccc5c5c(-c6cccc7sc8ccccc8c67)cccc54)c4ccccc34)nc(-c3cccc4oc5cccnc5c34)n2)cc1. The molecule has 0 fully saturated rings. The van der Waals surface area contributed by atoms with Gasteiger partial charge in [0.15, 0.2) is 23.1 Å². The maximum absolute atomic E-state index is 6.24. The number of nitrogens with zero attached hydrogens (tertiary/aromatic N) is 5. The van der Waals surface area contributed by atoms with E-state index in [9.17, 15) is 0 Å². The minimum absolute atomic E-state index is 0.555. The minimum Gasteiger partial charge on any atom is -0.454 e. The number of pyridine rings is 1. The normalized spacial score (nSPS) is 11.9. The Morgan fingerprint density at radius 1 is 0.393 bits per heavy atom. The van der Waals surface area contributed by atoms with Crippen molar-refractivity contribution in [3.63, 3.8) is 0 Å². The van der Waals surface area contributed by atoms with E-state index in [2.05, 4.69) is 126 Å². The highest BCUT2D eigenvalue weighted by Crippen LogP contribution is 2.46. The molecule has 0 saturated carbocycles. The van der Waals surface area contributed by atoms with Crippen molar-refractivity contribution >= 4 is 86.2 Å². The van der Waals surface area contributed by atoms with Crippen LogP contribution in [0, 0.1) is 0 Å². The molecule has 0 aliphatic heterocycles. The van der Waals surface area contributed by atoms with E-state index in [1.165, 1.54) is 42.1 Å². The van der Waals surface area contributed by atoms with E-state index in [0.717, 1.165) is 66.3 Å². The van der Waals surface area contributed by atoms with E-state index in [1.54, 1.807) is 6.20 Å². The first-order chi connectivity index (χ1) is 30.3. The molecule has 13 rings (SSSR count). The van der Waals surface area contributed by atoms with Gasteiger partial charge in [0, 0.05) is 59.2 Å². The summed E-state index contributed by atoms with van der Waals surface area (Å²) in [5, 5.41) is 8.06. The molecule has 0 atom stereocenters. The average Bonchev–Trinajstić information content (AvgIpc) is 4.01. The third-order valence-corrected chi connectivity index (χ3v) is 13.1. The number of thiophene rings is 1. The molecule has 284 valence electrons. The summed E-state index contributed by atoms with van der Waals surface area (Å²) < 4.78 is 11.3. The van der Waals surface area contributed by atoms with Gasteiger partial charge in [0.05, 0.1) is 22.1 Å². The van der Waals surface area contributed by atoms with Crippen LogP contribution in [-0.2, 0) is 0 Å². The van der Waals surface area contributed by atoms with Gasteiger partial charge < -0.3 is 8.98 Å². The van der Waals surface area contributed by atoms with Crippen LogP contribution in [-0.4, -0.2) is 24.5 Å². The maximum Gasteiger partial charge on any atom is 0.164 e. The Labute approximate surface area is 352 Å². The molecule has 6 nitrogen and oxygen atoms in total. The summed E-state index contributed by atoms with van der Waals surface area (Å²) in [4.78, 5) is 20.3. The van der Waals surface area contributed by atoms with Gasteiger partial charge in [-0.05, 0) is 71.1 Å². The maximum atomic E-state index is 6.24. The molecular weight excluding hydrogens is 767 g/mol. The number of hydrogen-bond donors (Lipinski definition) is 0. The summed E-state index contributed by atoms with van der Waals surface area (Å²) in [5.41, 5.74) is 10.7. The predicted octanol–water partition coefficient (Wildman–Crippen LogP) is 14.5. The molecule has 0 saturated heterocycles. The van der Waals surface area contributed by atoms with E-state index < -0.39 is 0 Å². The molecule has 0 aliphatic rings. The topological polar surface area (TPSA) is 69.6 Å². The summed E-state index contributed by atoms with van der Waals surface area (Å²) >= 11 is 1.86. The van der Waals surface area contributed by atoms with Gasteiger partial charge in [0.2, 0.25) is 0 Å². The van der Waals surface area contributed by atoms with Crippen molar-refractivity contribution in [2.24, 2.45) is 0 Å². The molecule has 5 heterocycles. The zero-order valence-corrected chi connectivity index (χ0v) is 33.3. The van der Waals surface area contributed by atoms with Gasteiger partial charge in [-0.2, -0.15) is 0 Å². The highest BCUT2D eigenvalue weighted by Gasteiger charge is 2.23. The summed E-state index contributed by atoms with van der Waals surface area (Å²) in [6.07, 6.45) is 1.79. The summed E-state index contributed by atoms with van der Waals surface area (Å²) in [7, 11) is 0. The number of hydrogen-bond acceptors (Lipinski definition) is 6. The fourth-order valence-corrected chi connectivity index (χ4v) is 10.5. The van der Waals surface area contributed by atoms with E-state index in [4.69, 9.17) is 24.4 Å². The molecule has 0 bridgehead atoms. The molecule has 61 heavy (non-hydrogen) atoms. The zero-order valence-electron chi connectivity index (χ0n) is 32.5. The highest BCUT2D eigenvalue weighted by atomic mass is 32.1. The number of aromatic nitrogens is 5. The second kappa shape index (κ2) is 13.3. The van der Waals surface area contributed by atoms with Crippen molar-refractivity contribution in [1.82, 2.24) is 24.5 Å². The van der Waals surface area contributed by atoms with Crippen LogP contribution < -0.4 is 0 Å². The number of furan rings is 1. The first-order valence-corrected chi connectivity index (χ1v) is 21.1. The lowest BCUT2D eigenvalue weighted by atomic mass is 9.95. The van der Waals surface area contributed by atoms with Crippen LogP contribution in [0.5, 0.6) is 0 Å². The van der Waals surface area contributed by atoms with Crippen LogP contribution in [0.3, 0.4) is 0 Å². The lowest BCUT2D eigenvalue weighted by Gasteiger charge is -2.15. The molecule has 0 amide bonds. The Hall–Kier alpha value is -8.00. The number of benzene rings is 8. The minimum atomic E-state index is 0.555. The monoisotopic (exact) mass is 797 g/mol. The first-order valence-electron chi connectivity index (χ1n) is 20.3. The van der Waals surface area contributed by atoms with E-state index in [1.807, 2.05) is 72.0 Å². The standard InChI is InChI=1S/C54H31N5OS/c1-2-14-32(15-3-1)52-56-53(58-54(57-52)40-22-11-25-44-50(40)51-45(60-44)26-13-31-55-51)37-29-30-42(34-17-5-4-16-33(34)37)59-41-23-8-6-18-38(41)48-35(20-10-24-43(48)59)36-21-12-28-47-49(36)39-19-7-9-27-46(39)61-47/h1-31H. The molecule has 8 aromatic carbocycles. The van der Waals surface area contributed by atoms with Crippen LogP contribution >= 0.6 is 11.3 Å². The second-order valence-corrected chi connectivity index (χ2v) is 16.4. The van der Waals surface area contributed by atoms with Gasteiger partial charge in [0.1, 0.15) is 11.1 Å². The Balaban J connectivity index is 1.05. The molecule has 7 heteroatoms. The Kier molecular flexibility index (Phi) is 7.37. The molecule has 5 aromatic heterocycles.